The van der Waals surface area contributed by atoms with Crippen molar-refractivity contribution in [2.75, 3.05) is 0 Å². The lowest BCUT2D eigenvalue weighted by molar-refractivity contribution is 0.0687. The molecule has 0 fully saturated rings. The predicted molar refractivity (Wildman–Crippen MR) is 95.7 cm³/mol. The van der Waals surface area contributed by atoms with Gasteiger partial charge in [0.15, 0.2) is 11.4 Å². The highest BCUT2D eigenvalue weighted by atomic mass is 16.5. The molecule has 0 aliphatic carbocycles. The summed E-state index contributed by atoms with van der Waals surface area (Å²) in [5.41, 5.74) is 1.02. The van der Waals surface area contributed by atoms with Crippen LogP contribution < -0.4 is 4.74 Å². The van der Waals surface area contributed by atoms with E-state index in [1.807, 2.05) is 50.2 Å². The monoisotopic (exact) mass is 337 g/mol. The molecule has 5 nitrogen and oxygen atoms in total. The number of ether oxygens (including phenoxy) is 1. The molecule has 0 saturated heterocycles. The second kappa shape index (κ2) is 6.43. The van der Waals surface area contributed by atoms with Gasteiger partial charge in [0.05, 0.1) is 0 Å². The number of hydrogen-bond acceptors (Lipinski definition) is 4. The molecule has 3 rings (SSSR count). The lowest BCUT2D eigenvalue weighted by Crippen LogP contribution is -2.05. The van der Waals surface area contributed by atoms with Gasteiger partial charge in [-0.25, -0.2) is 9.78 Å². The summed E-state index contributed by atoms with van der Waals surface area (Å²) in [6.07, 6.45) is 0. The number of pyridine rings is 1. The Morgan fingerprint density at radius 1 is 1.12 bits per heavy atom. The highest BCUT2D eigenvalue weighted by molar-refractivity contribution is 6.01. The second-order valence-corrected chi connectivity index (χ2v) is 6.20. The highest BCUT2D eigenvalue weighted by Crippen LogP contribution is 2.39. The van der Waals surface area contributed by atoms with Gasteiger partial charge in [-0.1, -0.05) is 32.0 Å². The molecule has 128 valence electrons. The van der Waals surface area contributed by atoms with Gasteiger partial charge >= 0.3 is 5.97 Å². The number of aromatic hydroxyl groups is 1. The van der Waals surface area contributed by atoms with Crippen LogP contribution in [0.15, 0.2) is 42.5 Å². The van der Waals surface area contributed by atoms with Crippen LogP contribution in [0.5, 0.6) is 17.2 Å². The maximum atomic E-state index is 11.4. The molecule has 0 spiro atoms. The van der Waals surface area contributed by atoms with Crippen LogP contribution in [0, 0.1) is 6.92 Å². The number of carboxylic acid groups (broad SMARTS) is 1. The van der Waals surface area contributed by atoms with E-state index in [9.17, 15) is 15.0 Å². The van der Waals surface area contributed by atoms with Crippen molar-refractivity contribution >= 4 is 16.7 Å². The Bertz CT molecular complexity index is 949. The summed E-state index contributed by atoms with van der Waals surface area (Å²) >= 11 is 0. The molecular weight excluding hydrogens is 318 g/mol. The zero-order valence-corrected chi connectivity index (χ0v) is 14.3. The Hall–Kier alpha value is -3.08. The molecule has 2 aromatic carbocycles. The first-order chi connectivity index (χ1) is 11.9. The molecule has 5 heteroatoms. The summed E-state index contributed by atoms with van der Waals surface area (Å²) < 4.78 is 5.92. The van der Waals surface area contributed by atoms with Gasteiger partial charge in [0, 0.05) is 16.5 Å². The van der Waals surface area contributed by atoms with E-state index in [2.05, 4.69) is 4.98 Å². The maximum Gasteiger partial charge on any atom is 0.358 e. The SMILES string of the molecule is Cc1nc(C(=O)O)c(O)c2c(C(C)C)cc(Oc3ccccc3)cc12. The summed E-state index contributed by atoms with van der Waals surface area (Å²) in [4.78, 5) is 15.4. The van der Waals surface area contributed by atoms with Crippen LogP contribution in [-0.4, -0.2) is 21.2 Å². The molecule has 1 heterocycles. The summed E-state index contributed by atoms with van der Waals surface area (Å²) in [6, 6.07) is 13.0. The van der Waals surface area contributed by atoms with Crippen molar-refractivity contribution in [2.24, 2.45) is 0 Å². The van der Waals surface area contributed by atoms with Gasteiger partial charge < -0.3 is 14.9 Å². The minimum absolute atomic E-state index is 0.0659. The van der Waals surface area contributed by atoms with Gasteiger partial charge in [-0.15, -0.1) is 0 Å². The molecule has 0 bridgehead atoms. The largest absolute Gasteiger partial charge is 0.505 e. The number of aromatic nitrogens is 1. The molecule has 1 aromatic heterocycles. The van der Waals surface area contributed by atoms with E-state index in [4.69, 9.17) is 4.74 Å². The smallest absolute Gasteiger partial charge is 0.358 e. The van der Waals surface area contributed by atoms with Gasteiger partial charge in [0.25, 0.3) is 0 Å². The van der Waals surface area contributed by atoms with Gasteiger partial charge in [-0.2, -0.15) is 0 Å². The van der Waals surface area contributed by atoms with E-state index in [0.29, 0.717) is 28.0 Å². The number of fused-ring (bicyclic) bond motifs is 1. The standard InChI is InChI=1S/C20H19NO4/c1-11(2)15-9-14(25-13-7-5-4-6-8-13)10-16-12(3)21-18(20(23)24)19(22)17(15)16/h4-11,22H,1-3H3,(H,23,24). The van der Waals surface area contributed by atoms with Crippen LogP contribution in [-0.2, 0) is 0 Å². The van der Waals surface area contributed by atoms with E-state index in [1.165, 1.54) is 0 Å². The number of benzene rings is 2. The van der Waals surface area contributed by atoms with Crippen molar-refractivity contribution < 1.29 is 19.7 Å². The number of carbonyl (C=O) groups is 1. The third kappa shape index (κ3) is 3.13. The molecule has 0 unspecified atom stereocenters. The fraction of sp³-hybridized carbons (Fsp3) is 0.200. The van der Waals surface area contributed by atoms with Crippen molar-refractivity contribution in [2.45, 2.75) is 26.7 Å². The second-order valence-electron chi connectivity index (χ2n) is 6.20. The lowest BCUT2D eigenvalue weighted by Gasteiger charge is -2.17. The average Bonchev–Trinajstić information content (AvgIpc) is 2.58. The van der Waals surface area contributed by atoms with E-state index >= 15 is 0 Å². The molecule has 0 amide bonds. The van der Waals surface area contributed by atoms with Crippen molar-refractivity contribution in [1.82, 2.24) is 4.98 Å². The Labute approximate surface area is 145 Å². The van der Waals surface area contributed by atoms with Gasteiger partial charge in [-0.3, -0.25) is 0 Å². The Kier molecular flexibility index (Phi) is 4.31. The van der Waals surface area contributed by atoms with Gasteiger partial charge in [-0.05, 0) is 42.7 Å². The third-order valence-electron chi connectivity index (χ3n) is 4.08. The van der Waals surface area contributed by atoms with Crippen LogP contribution >= 0.6 is 0 Å². The minimum Gasteiger partial charge on any atom is -0.505 e. The fourth-order valence-corrected chi connectivity index (χ4v) is 2.87. The van der Waals surface area contributed by atoms with E-state index in [-0.39, 0.29) is 17.4 Å². The van der Waals surface area contributed by atoms with Crippen molar-refractivity contribution in [3.63, 3.8) is 0 Å². The molecule has 0 aliphatic heterocycles. The normalized spacial score (nSPS) is 11.0. The summed E-state index contributed by atoms with van der Waals surface area (Å²) in [7, 11) is 0. The van der Waals surface area contributed by atoms with Crippen molar-refractivity contribution in [1.29, 1.82) is 0 Å². The number of hydrogen-bond donors (Lipinski definition) is 2. The van der Waals surface area contributed by atoms with E-state index in [1.54, 1.807) is 13.0 Å². The van der Waals surface area contributed by atoms with Gasteiger partial charge in [0.1, 0.15) is 11.5 Å². The Morgan fingerprint density at radius 2 is 1.80 bits per heavy atom. The molecule has 2 N–H and O–H groups in total. The van der Waals surface area contributed by atoms with Crippen LogP contribution in [0.25, 0.3) is 10.8 Å². The number of rotatable bonds is 4. The van der Waals surface area contributed by atoms with E-state index < -0.39 is 5.97 Å². The quantitative estimate of drug-likeness (QED) is 0.710. The maximum absolute atomic E-state index is 11.4. The van der Waals surface area contributed by atoms with E-state index in [0.717, 1.165) is 5.56 Å². The van der Waals surface area contributed by atoms with Crippen molar-refractivity contribution in [3.8, 4) is 17.2 Å². The molecule has 0 atom stereocenters. The Morgan fingerprint density at radius 3 is 2.40 bits per heavy atom. The lowest BCUT2D eigenvalue weighted by atomic mass is 9.94. The number of carboxylic acids is 1. The molecule has 3 aromatic rings. The first kappa shape index (κ1) is 16.8. The van der Waals surface area contributed by atoms with Crippen LogP contribution in [0.1, 0.15) is 41.5 Å². The first-order valence-electron chi connectivity index (χ1n) is 8.02. The van der Waals surface area contributed by atoms with Gasteiger partial charge in [0.2, 0.25) is 0 Å². The number of para-hydroxylation sites is 1. The molecule has 0 radical (unpaired) electrons. The predicted octanol–water partition coefficient (Wildman–Crippen LogP) is 4.86. The molecule has 0 saturated carbocycles. The van der Waals surface area contributed by atoms with Crippen LogP contribution in [0.4, 0.5) is 0 Å². The van der Waals surface area contributed by atoms with Crippen molar-refractivity contribution in [3.05, 3.63) is 59.4 Å². The number of aryl methyl sites for hydroxylation is 1. The molecular formula is C20H19NO4. The zero-order valence-electron chi connectivity index (χ0n) is 14.3. The van der Waals surface area contributed by atoms with Crippen LogP contribution in [0.2, 0.25) is 0 Å². The summed E-state index contributed by atoms with van der Waals surface area (Å²) in [5, 5.41) is 20.9. The van der Waals surface area contributed by atoms with Crippen LogP contribution in [0.3, 0.4) is 0 Å². The molecule has 25 heavy (non-hydrogen) atoms. The minimum atomic E-state index is -1.25. The Balaban J connectivity index is 2.26. The average molecular weight is 337 g/mol. The number of aromatic carboxylic acids is 1. The molecule has 0 aliphatic rings. The highest BCUT2D eigenvalue weighted by Gasteiger charge is 2.21. The topological polar surface area (TPSA) is 79.7 Å². The zero-order chi connectivity index (χ0) is 18.1. The summed E-state index contributed by atoms with van der Waals surface area (Å²) in [5.74, 6) is -0.163. The third-order valence-corrected chi connectivity index (χ3v) is 4.08. The first-order valence-corrected chi connectivity index (χ1v) is 8.02. The fourth-order valence-electron chi connectivity index (χ4n) is 2.87. The summed E-state index contributed by atoms with van der Waals surface area (Å²) in [6.45, 7) is 5.69. The number of nitrogens with zero attached hydrogens (tertiary/aromatic N) is 1.